The molecule has 0 fully saturated rings. The van der Waals surface area contributed by atoms with Crippen LogP contribution >= 0.6 is 23.2 Å². The summed E-state index contributed by atoms with van der Waals surface area (Å²) in [5, 5.41) is 11.1. The monoisotopic (exact) mass is 355 g/mol. The number of hydrogen-bond acceptors (Lipinski definition) is 5. The molecular formula is C15H11Cl2NO5. The van der Waals surface area contributed by atoms with Crippen molar-refractivity contribution >= 4 is 34.9 Å². The predicted molar refractivity (Wildman–Crippen MR) is 85.3 cm³/mol. The summed E-state index contributed by atoms with van der Waals surface area (Å²) in [6.07, 6.45) is -0.917. The van der Waals surface area contributed by atoms with Gasteiger partial charge in [-0.15, -0.1) is 0 Å². The molecule has 23 heavy (non-hydrogen) atoms. The van der Waals surface area contributed by atoms with Crippen LogP contribution in [-0.2, 0) is 4.79 Å². The van der Waals surface area contributed by atoms with Crippen molar-refractivity contribution in [1.29, 1.82) is 0 Å². The zero-order chi connectivity index (χ0) is 17.0. The summed E-state index contributed by atoms with van der Waals surface area (Å²) in [4.78, 5) is 22.0. The summed E-state index contributed by atoms with van der Waals surface area (Å²) in [6, 6.07) is 10.1. The SMILES string of the molecule is CC(Oc1cccc(Cl)c1)C(=O)Oc1ccc([N+](=O)[O-])cc1Cl. The van der Waals surface area contributed by atoms with Gasteiger partial charge in [0.05, 0.1) is 9.95 Å². The molecule has 0 amide bonds. The van der Waals surface area contributed by atoms with E-state index in [1.807, 2.05) is 0 Å². The number of hydrogen-bond donors (Lipinski definition) is 0. The molecule has 0 saturated heterocycles. The first-order chi connectivity index (χ1) is 10.9. The zero-order valence-electron chi connectivity index (χ0n) is 11.9. The van der Waals surface area contributed by atoms with Crippen LogP contribution in [0.15, 0.2) is 42.5 Å². The van der Waals surface area contributed by atoms with E-state index in [0.29, 0.717) is 10.8 Å². The third-order valence-corrected chi connectivity index (χ3v) is 3.31. The van der Waals surface area contributed by atoms with Crippen LogP contribution in [0.1, 0.15) is 6.92 Å². The predicted octanol–water partition coefficient (Wildman–Crippen LogP) is 4.27. The molecule has 0 saturated carbocycles. The minimum atomic E-state index is -0.917. The molecule has 0 radical (unpaired) electrons. The number of nitro benzene ring substituents is 1. The largest absolute Gasteiger partial charge is 0.479 e. The van der Waals surface area contributed by atoms with Crippen LogP contribution in [0, 0.1) is 10.1 Å². The van der Waals surface area contributed by atoms with Crippen molar-refractivity contribution in [2.45, 2.75) is 13.0 Å². The Balaban J connectivity index is 2.05. The number of ether oxygens (including phenoxy) is 2. The lowest BCUT2D eigenvalue weighted by Gasteiger charge is -2.14. The molecule has 2 rings (SSSR count). The van der Waals surface area contributed by atoms with Gasteiger partial charge in [-0.05, 0) is 31.2 Å². The molecule has 8 heteroatoms. The molecule has 1 unspecified atom stereocenters. The van der Waals surface area contributed by atoms with Crippen LogP contribution < -0.4 is 9.47 Å². The van der Waals surface area contributed by atoms with E-state index in [0.717, 1.165) is 6.07 Å². The number of nitrogens with zero attached hydrogens (tertiary/aromatic N) is 1. The Morgan fingerprint density at radius 1 is 1.22 bits per heavy atom. The van der Waals surface area contributed by atoms with Crippen LogP contribution in [-0.4, -0.2) is 17.0 Å². The lowest BCUT2D eigenvalue weighted by molar-refractivity contribution is -0.384. The summed E-state index contributed by atoms with van der Waals surface area (Å²) < 4.78 is 10.5. The molecule has 120 valence electrons. The fraction of sp³-hybridized carbons (Fsp3) is 0.133. The van der Waals surface area contributed by atoms with Crippen molar-refractivity contribution in [3.05, 3.63) is 62.6 Å². The summed E-state index contributed by atoms with van der Waals surface area (Å²) in [7, 11) is 0. The minimum absolute atomic E-state index is 0.0174. The third-order valence-electron chi connectivity index (χ3n) is 2.78. The third kappa shape index (κ3) is 4.58. The van der Waals surface area contributed by atoms with Crippen molar-refractivity contribution in [3.8, 4) is 11.5 Å². The number of esters is 1. The maximum atomic E-state index is 12.0. The van der Waals surface area contributed by atoms with Crippen molar-refractivity contribution in [3.63, 3.8) is 0 Å². The average molecular weight is 356 g/mol. The topological polar surface area (TPSA) is 78.7 Å². The van der Waals surface area contributed by atoms with Gasteiger partial charge in [0.2, 0.25) is 0 Å². The first-order valence-corrected chi connectivity index (χ1v) is 7.20. The number of non-ortho nitro benzene ring substituents is 1. The van der Waals surface area contributed by atoms with Gasteiger partial charge >= 0.3 is 5.97 Å². The smallest absolute Gasteiger partial charge is 0.352 e. The summed E-state index contributed by atoms with van der Waals surface area (Å²) in [6.45, 7) is 1.50. The lowest BCUT2D eigenvalue weighted by atomic mass is 10.3. The number of carbonyl (C=O) groups excluding carboxylic acids is 1. The second kappa shape index (κ2) is 7.30. The average Bonchev–Trinajstić information content (AvgIpc) is 2.49. The molecule has 0 spiro atoms. The number of rotatable bonds is 5. The highest BCUT2D eigenvalue weighted by Gasteiger charge is 2.20. The van der Waals surface area contributed by atoms with Gasteiger partial charge in [-0.3, -0.25) is 10.1 Å². The Kier molecular flexibility index (Phi) is 5.41. The van der Waals surface area contributed by atoms with E-state index in [1.165, 1.54) is 19.1 Å². The Hall–Kier alpha value is -2.31. The first-order valence-electron chi connectivity index (χ1n) is 6.44. The molecule has 0 heterocycles. The molecule has 0 bridgehead atoms. The molecule has 2 aromatic rings. The summed E-state index contributed by atoms with van der Waals surface area (Å²) in [5.41, 5.74) is -0.196. The normalized spacial score (nSPS) is 11.6. The summed E-state index contributed by atoms with van der Waals surface area (Å²) in [5.74, 6) is -0.263. The van der Waals surface area contributed by atoms with Crippen molar-refractivity contribution in [2.24, 2.45) is 0 Å². The van der Waals surface area contributed by atoms with Crippen LogP contribution in [0.5, 0.6) is 11.5 Å². The number of carbonyl (C=O) groups is 1. The molecule has 0 aromatic heterocycles. The molecule has 1 atom stereocenters. The van der Waals surface area contributed by atoms with Crippen molar-refractivity contribution < 1.29 is 19.2 Å². The van der Waals surface area contributed by atoms with Crippen molar-refractivity contribution in [2.75, 3.05) is 0 Å². The molecule has 0 N–H and O–H groups in total. The Labute approximate surface area is 141 Å². The lowest BCUT2D eigenvalue weighted by Crippen LogP contribution is -2.28. The van der Waals surface area contributed by atoms with Gasteiger partial charge in [0, 0.05) is 17.2 Å². The van der Waals surface area contributed by atoms with Gasteiger partial charge in [0.15, 0.2) is 6.10 Å². The minimum Gasteiger partial charge on any atom is -0.479 e. The van der Waals surface area contributed by atoms with E-state index in [1.54, 1.807) is 24.3 Å². The first kappa shape index (κ1) is 17.1. The van der Waals surface area contributed by atoms with E-state index in [9.17, 15) is 14.9 Å². The number of nitro groups is 1. The highest BCUT2D eigenvalue weighted by Crippen LogP contribution is 2.29. The van der Waals surface area contributed by atoms with Crippen molar-refractivity contribution in [1.82, 2.24) is 0 Å². The van der Waals surface area contributed by atoms with Crippen LogP contribution in [0.2, 0.25) is 10.0 Å². The molecule has 0 aliphatic heterocycles. The van der Waals surface area contributed by atoms with E-state index < -0.39 is 17.0 Å². The maximum Gasteiger partial charge on any atom is 0.352 e. The molecular weight excluding hydrogens is 345 g/mol. The highest BCUT2D eigenvalue weighted by molar-refractivity contribution is 6.32. The van der Waals surface area contributed by atoms with Gasteiger partial charge in [-0.1, -0.05) is 29.3 Å². The summed E-state index contributed by atoms with van der Waals surface area (Å²) >= 11 is 11.7. The van der Waals surface area contributed by atoms with E-state index in [4.69, 9.17) is 32.7 Å². The molecule has 6 nitrogen and oxygen atoms in total. The van der Waals surface area contributed by atoms with Crippen LogP contribution in [0.25, 0.3) is 0 Å². The Morgan fingerprint density at radius 3 is 2.57 bits per heavy atom. The van der Waals surface area contributed by atoms with E-state index >= 15 is 0 Å². The second-order valence-electron chi connectivity index (χ2n) is 4.51. The van der Waals surface area contributed by atoms with Crippen LogP contribution in [0.3, 0.4) is 0 Å². The quantitative estimate of drug-likeness (QED) is 0.346. The van der Waals surface area contributed by atoms with Gasteiger partial charge in [-0.2, -0.15) is 0 Å². The zero-order valence-corrected chi connectivity index (χ0v) is 13.4. The van der Waals surface area contributed by atoms with Gasteiger partial charge < -0.3 is 9.47 Å². The number of benzene rings is 2. The van der Waals surface area contributed by atoms with Crippen LogP contribution in [0.4, 0.5) is 5.69 Å². The standard InChI is InChI=1S/C15H11Cl2NO5/c1-9(22-12-4-2-3-10(16)7-12)15(19)23-14-6-5-11(18(20)21)8-13(14)17/h2-9H,1H3. The van der Waals surface area contributed by atoms with E-state index in [-0.39, 0.29) is 16.5 Å². The molecule has 0 aliphatic carbocycles. The molecule has 0 aliphatic rings. The fourth-order valence-corrected chi connectivity index (χ4v) is 2.06. The maximum absolute atomic E-state index is 12.0. The Bertz CT molecular complexity index is 750. The van der Waals surface area contributed by atoms with Gasteiger partial charge in [0.1, 0.15) is 11.5 Å². The second-order valence-corrected chi connectivity index (χ2v) is 5.35. The fourth-order valence-electron chi connectivity index (χ4n) is 1.67. The van der Waals surface area contributed by atoms with Gasteiger partial charge in [0.25, 0.3) is 5.69 Å². The molecule has 2 aromatic carbocycles. The highest BCUT2D eigenvalue weighted by atomic mass is 35.5. The van der Waals surface area contributed by atoms with Gasteiger partial charge in [-0.25, -0.2) is 4.79 Å². The number of halogens is 2. The Morgan fingerprint density at radius 2 is 1.96 bits per heavy atom. The van der Waals surface area contributed by atoms with E-state index in [2.05, 4.69) is 0 Å².